The summed E-state index contributed by atoms with van der Waals surface area (Å²) in [6, 6.07) is 22.5. The molecule has 0 aromatic heterocycles. The molecular formula is C21H16Cl2N2. The Bertz CT molecular complexity index is 909. The Labute approximate surface area is 157 Å². The fourth-order valence-electron chi connectivity index (χ4n) is 2.99. The molecule has 0 radical (unpaired) electrons. The van der Waals surface area contributed by atoms with Crippen LogP contribution in [-0.4, -0.2) is 18.9 Å². The van der Waals surface area contributed by atoms with Crippen molar-refractivity contribution in [3.05, 3.63) is 82.3 Å². The van der Waals surface area contributed by atoms with Gasteiger partial charge in [0.2, 0.25) is 0 Å². The summed E-state index contributed by atoms with van der Waals surface area (Å²) >= 11 is 12.2. The number of rotatable bonds is 3. The monoisotopic (exact) mass is 366 g/mol. The van der Waals surface area contributed by atoms with Crippen molar-refractivity contribution < 1.29 is 0 Å². The smallest absolute Gasteiger partial charge is 0.128 e. The second-order valence-corrected chi connectivity index (χ2v) is 6.84. The minimum atomic E-state index is 0.644. The first-order chi connectivity index (χ1) is 12.2. The molecule has 0 aliphatic carbocycles. The van der Waals surface area contributed by atoms with Crippen molar-refractivity contribution in [1.82, 2.24) is 5.32 Å². The van der Waals surface area contributed by atoms with Gasteiger partial charge in [-0.25, -0.2) is 0 Å². The van der Waals surface area contributed by atoms with Gasteiger partial charge >= 0.3 is 0 Å². The number of aliphatic imine (C=N–C) groups is 1. The van der Waals surface area contributed by atoms with Crippen LogP contribution < -0.4 is 5.32 Å². The molecule has 0 fully saturated rings. The van der Waals surface area contributed by atoms with Crippen molar-refractivity contribution in [3.63, 3.8) is 0 Å². The lowest BCUT2D eigenvalue weighted by Gasteiger charge is -2.08. The molecule has 0 saturated heterocycles. The van der Waals surface area contributed by atoms with Crippen LogP contribution in [0.2, 0.25) is 10.0 Å². The van der Waals surface area contributed by atoms with Crippen molar-refractivity contribution in [2.45, 2.75) is 0 Å². The van der Waals surface area contributed by atoms with E-state index in [1.807, 2.05) is 12.1 Å². The van der Waals surface area contributed by atoms with E-state index in [1.165, 1.54) is 11.1 Å². The van der Waals surface area contributed by atoms with Gasteiger partial charge < -0.3 is 5.32 Å². The quantitative estimate of drug-likeness (QED) is 0.633. The standard InChI is InChI=1S/C21H16Cl2N2/c22-19-11-18(12-20(23)13-19)16-3-1-14(2-4-16)15-5-7-17(8-6-15)21-24-9-10-25-21/h1-8,11-13H,9-10H2,(H,24,25). The van der Waals surface area contributed by atoms with E-state index >= 15 is 0 Å². The lowest BCUT2D eigenvalue weighted by Crippen LogP contribution is -2.19. The summed E-state index contributed by atoms with van der Waals surface area (Å²) in [5, 5.41) is 4.58. The number of amidine groups is 1. The molecule has 1 aliphatic heterocycles. The normalized spacial score (nSPS) is 13.4. The lowest BCUT2D eigenvalue weighted by molar-refractivity contribution is 0.960. The molecule has 4 rings (SSSR count). The highest BCUT2D eigenvalue weighted by molar-refractivity contribution is 6.35. The fourth-order valence-corrected chi connectivity index (χ4v) is 3.51. The van der Waals surface area contributed by atoms with Gasteiger partial charge in [-0.15, -0.1) is 0 Å². The maximum Gasteiger partial charge on any atom is 0.128 e. The van der Waals surface area contributed by atoms with Gasteiger partial charge in [0.25, 0.3) is 0 Å². The third-order valence-electron chi connectivity index (χ3n) is 4.25. The zero-order chi connectivity index (χ0) is 17.2. The molecule has 1 N–H and O–H groups in total. The average molecular weight is 367 g/mol. The summed E-state index contributed by atoms with van der Waals surface area (Å²) in [5.74, 6) is 0.986. The molecular weight excluding hydrogens is 351 g/mol. The molecule has 124 valence electrons. The van der Waals surface area contributed by atoms with Crippen LogP contribution in [0.1, 0.15) is 5.56 Å². The molecule has 25 heavy (non-hydrogen) atoms. The van der Waals surface area contributed by atoms with Crippen molar-refractivity contribution in [1.29, 1.82) is 0 Å². The molecule has 2 nitrogen and oxygen atoms in total. The van der Waals surface area contributed by atoms with E-state index in [-0.39, 0.29) is 0 Å². The predicted molar refractivity (Wildman–Crippen MR) is 107 cm³/mol. The Hall–Kier alpha value is -2.29. The number of nitrogens with one attached hydrogen (secondary N) is 1. The van der Waals surface area contributed by atoms with Crippen molar-refractivity contribution in [2.75, 3.05) is 13.1 Å². The maximum atomic E-state index is 6.10. The first-order valence-corrected chi connectivity index (χ1v) is 8.90. The molecule has 1 aliphatic rings. The third-order valence-corrected chi connectivity index (χ3v) is 4.68. The van der Waals surface area contributed by atoms with Gasteiger partial charge in [0.05, 0.1) is 6.54 Å². The van der Waals surface area contributed by atoms with Gasteiger partial charge in [0.1, 0.15) is 5.84 Å². The predicted octanol–water partition coefficient (Wildman–Crippen LogP) is 5.68. The van der Waals surface area contributed by atoms with Gasteiger partial charge in [0, 0.05) is 22.2 Å². The molecule has 0 spiro atoms. The van der Waals surface area contributed by atoms with E-state index in [9.17, 15) is 0 Å². The molecule has 0 atom stereocenters. The highest BCUT2D eigenvalue weighted by Gasteiger charge is 2.08. The first kappa shape index (κ1) is 16.2. The van der Waals surface area contributed by atoms with Gasteiger partial charge in [-0.2, -0.15) is 0 Å². The van der Waals surface area contributed by atoms with Gasteiger partial charge in [-0.05, 0) is 40.5 Å². The number of hydrogen-bond acceptors (Lipinski definition) is 2. The van der Waals surface area contributed by atoms with Crippen LogP contribution in [0.25, 0.3) is 22.3 Å². The van der Waals surface area contributed by atoms with Crippen LogP contribution >= 0.6 is 23.2 Å². The van der Waals surface area contributed by atoms with E-state index < -0.39 is 0 Å². The summed E-state index contributed by atoms with van der Waals surface area (Å²) in [6.07, 6.45) is 0. The molecule has 0 amide bonds. The molecule has 0 bridgehead atoms. The number of benzene rings is 3. The Morgan fingerprint density at radius 2 is 1.12 bits per heavy atom. The van der Waals surface area contributed by atoms with Crippen molar-refractivity contribution in [3.8, 4) is 22.3 Å². The lowest BCUT2D eigenvalue weighted by atomic mass is 9.99. The van der Waals surface area contributed by atoms with E-state index in [0.29, 0.717) is 10.0 Å². The Morgan fingerprint density at radius 1 is 0.640 bits per heavy atom. The highest BCUT2D eigenvalue weighted by Crippen LogP contribution is 2.29. The molecule has 0 unspecified atom stereocenters. The van der Waals surface area contributed by atoms with Crippen LogP contribution in [0, 0.1) is 0 Å². The first-order valence-electron chi connectivity index (χ1n) is 8.15. The van der Waals surface area contributed by atoms with Crippen LogP contribution in [-0.2, 0) is 0 Å². The zero-order valence-corrected chi connectivity index (χ0v) is 15.0. The number of halogens is 2. The van der Waals surface area contributed by atoms with Crippen LogP contribution in [0.3, 0.4) is 0 Å². The van der Waals surface area contributed by atoms with Crippen molar-refractivity contribution in [2.24, 2.45) is 4.99 Å². The van der Waals surface area contributed by atoms with E-state index in [4.69, 9.17) is 23.2 Å². The van der Waals surface area contributed by atoms with E-state index in [0.717, 1.165) is 35.6 Å². The number of hydrogen-bond donors (Lipinski definition) is 1. The largest absolute Gasteiger partial charge is 0.368 e. The van der Waals surface area contributed by atoms with Crippen LogP contribution in [0.4, 0.5) is 0 Å². The Morgan fingerprint density at radius 3 is 1.60 bits per heavy atom. The van der Waals surface area contributed by atoms with Crippen molar-refractivity contribution >= 4 is 29.0 Å². The summed E-state index contributed by atoms with van der Waals surface area (Å²) in [7, 11) is 0. The number of nitrogens with zero attached hydrogens (tertiary/aromatic N) is 1. The fraction of sp³-hybridized carbons (Fsp3) is 0.0952. The highest BCUT2D eigenvalue weighted by atomic mass is 35.5. The summed E-state index contributed by atoms with van der Waals surface area (Å²) in [4.78, 5) is 4.45. The third kappa shape index (κ3) is 3.55. The Balaban J connectivity index is 1.59. The zero-order valence-electron chi connectivity index (χ0n) is 13.5. The summed E-state index contributed by atoms with van der Waals surface area (Å²) < 4.78 is 0. The van der Waals surface area contributed by atoms with Gasteiger partial charge in [-0.1, -0.05) is 71.7 Å². The molecule has 3 aromatic carbocycles. The topological polar surface area (TPSA) is 24.4 Å². The second kappa shape index (κ2) is 6.91. The molecule has 1 heterocycles. The van der Waals surface area contributed by atoms with E-state index in [2.05, 4.69) is 58.8 Å². The molecule has 4 heteroatoms. The molecule has 3 aromatic rings. The Kier molecular flexibility index (Phi) is 4.48. The second-order valence-electron chi connectivity index (χ2n) is 5.97. The van der Waals surface area contributed by atoms with Gasteiger partial charge in [0.15, 0.2) is 0 Å². The minimum Gasteiger partial charge on any atom is -0.368 e. The van der Waals surface area contributed by atoms with E-state index in [1.54, 1.807) is 6.07 Å². The van der Waals surface area contributed by atoms with Crippen LogP contribution in [0.15, 0.2) is 71.7 Å². The summed E-state index contributed by atoms with van der Waals surface area (Å²) in [6.45, 7) is 1.78. The minimum absolute atomic E-state index is 0.644. The maximum absolute atomic E-state index is 6.10. The summed E-state index contributed by atoms with van der Waals surface area (Å²) in [5.41, 5.74) is 5.59. The van der Waals surface area contributed by atoms with Crippen LogP contribution in [0.5, 0.6) is 0 Å². The van der Waals surface area contributed by atoms with Gasteiger partial charge in [-0.3, -0.25) is 4.99 Å². The molecule has 0 saturated carbocycles. The SMILES string of the molecule is Clc1cc(Cl)cc(-c2ccc(-c3ccc(C4=NCCN4)cc3)cc2)c1. The average Bonchev–Trinajstić information content (AvgIpc) is 3.16.